The lowest BCUT2D eigenvalue weighted by molar-refractivity contribution is -0.137. The number of carboxylic acid groups (broad SMARTS) is 2. The van der Waals surface area contributed by atoms with E-state index in [2.05, 4.69) is 76.6 Å². The molecule has 0 bridgehead atoms. The normalized spacial score (nSPS) is 14.7. The number of hydrogen-bond donors (Lipinski definition) is 3. The van der Waals surface area contributed by atoms with Gasteiger partial charge in [0.1, 0.15) is 11.6 Å². The van der Waals surface area contributed by atoms with Crippen LogP contribution in [-0.4, -0.2) is 71.2 Å². The van der Waals surface area contributed by atoms with Crippen LogP contribution in [0.5, 0.6) is 0 Å². The van der Waals surface area contributed by atoms with Crippen LogP contribution in [0, 0.1) is 18.7 Å². The molecule has 4 aromatic rings. The number of nitrogens with zero attached hydrogens (tertiary/aromatic N) is 4. The van der Waals surface area contributed by atoms with Gasteiger partial charge in [-0.15, -0.1) is 0 Å². The zero-order valence-corrected chi connectivity index (χ0v) is 33.9. The summed E-state index contributed by atoms with van der Waals surface area (Å²) in [6, 6.07) is 14.9. The Morgan fingerprint density at radius 3 is 2.13 bits per heavy atom. The monoisotopic (exact) mass is 793 g/mol. The van der Waals surface area contributed by atoms with Crippen molar-refractivity contribution in [3.8, 4) is 0 Å². The number of likely N-dealkylation sites (N-methyl/N-ethyl adjacent to an activating group) is 1. The summed E-state index contributed by atoms with van der Waals surface area (Å²) in [6.07, 6.45) is -0.709. The van der Waals surface area contributed by atoms with Crippen molar-refractivity contribution >= 4 is 53.2 Å². The SMILES string of the molecule is CC.CC.Cc1nc2cc(SN(C)c3ccc(C4CCCC(C(=O)Nc5ccc(C(F)(F)F)cc5F)C4)cc3)cc(CCN(C)C)c2n1C.O=CO.O=CO. The third kappa shape index (κ3) is 14.5. The van der Waals surface area contributed by atoms with E-state index >= 15 is 0 Å². The highest BCUT2D eigenvalue weighted by atomic mass is 32.2. The Labute approximate surface area is 326 Å². The standard InChI is InChI=1S/C34H39F4N5OS.2C2H6.2CH2O2/c1-21-39-31-20-28(18-24(15-16-41(2)3)32(31)42(21)4)45-43(5)27-12-9-22(10-13-27)23-7-6-8-25(17-23)33(44)40-30-14-11-26(19-29(30)35)34(36,37)38;2*1-2;2*2-1-3/h9-14,18-20,23,25H,6-8,15-17H2,1-5H3,(H,40,44);2*1-2H3;2*1H,(H,2,3). The summed E-state index contributed by atoms with van der Waals surface area (Å²) in [5.74, 6) is -0.668. The molecule has 3 N–H and O–H groups in total. The van der Waals surface area contributed by atoms with Crippen molar-refractivity contribution in [3.05, 3.63) is 82.9 Å². The number of hydrogen-bond acceptors (Lipinski definition) is 7. The molecule has 2 unspecified atom stereocenters. The number of nitrogens with one attached hydrogen (secondary N) is 1. The molecule has 10 nitrogen and oxygen atoms in total. The molecule has 0 saturated heterocycles. The Balaban J connectivity index is 0.00000138. The minimum absolute atomic E-state index is 0.160. The van der Waals surface area contributed by atoms with Gasteiger partial charge in [-0.2, -0.15) is 13.2 Å². The predicted molar refractivity (Wildman–Crippen MR) is 213 cm³/mol. The number of alkyl halides is 3. The molecule has 5 rings (SSSR count). The third-order valence-corrected chi connectivity index (χ3v) is 9.57. The van der Waals surface area contributed by atoms with Gasteiger partial charge in [-0.05, 0) is 118 Å². The molecule has 15 heteroatoms. The molecular formula is C40H55F4N5O5S. The number of rotatable bonds is 9. The maximum absolute atomic E-state index is 14.3. The van der Waals surface area contributed by atoms with Crippen LogP contribution in [0.2, 0.25) is 0 Å². The van der Waals surface area contributed by atoms with Crippen LogP contribution >= 0.6 is 11.9 Å². The van der Waals surface area contributed by atoms with Crippen LogP contribution in [-0.2, 0) is 34.0 Å². The van der Waals surface area contributed by atoms with E-state index in [1.165, 1.54) is 11.1 Å². The molecule has 0 radical (unpaired) electrons. The van der Waals surface area contributed by atoms with Crippen molar-refractivity contribution < 1.29 is 42.2 Å². The van der Waals surface area contributed by atoms with Crippen LogP contribution in [0.1, 0.15) is 81.8 Å². The Morgan fingerprint density at radius 1 is 0.982 bits per heavy atom. The lowest BCUT2D eigenvalue weighted by Gasteiger charge is -2.29. The summed E-state index contributed by atoms with van der Waals surface area (Å²) in [5.41, 5.74) is 4.29. The Bertz CT molecular complexity index is 1780. The number of amides is 1. The molecule has 1 saturated carbocycles. The highest BCUT2D eigenvalue weighted by Crippen LogP contribution is 2.39. The molecule has 1 amide bonds. The summed E-state index contributed by atoms with van der Waals surface area (Å²) in [6.45, 7) is 10.5. The number of imidazole rings is 1. The van der Waals surface area contributed by atoms with Crippen LogP contribution in [0.25, 0.3) is 11.0 Å². The number of aryl methyl sites for hydroxylation is 2. The second-order valence-corrected chi connectivity index (χ2v) is 13.6. The van der Waals surface area contributed by atoms with Crippen LogP contribution < -0.4 is 9.62 Å². The van der Waals surface area contributed by atoms with Gasteiger partial charge in [0.05, 0.1) is 22.3 Å². The average Bonchev–Trinajstić information content (AvgIpc) is 3.45. The van der Waals surface area contributed by atoms with Gasteiger partial charge < -0.3 is 29.3 Å². The highest BCUT2D eigenvalue weighted by molar-refractivity contribution is 8.00. The molecule has 3 aromatic carbocycles. The minimum atomic E-state index is -4.65. The Hall–Kier alpha value is -4.63. The van der Waals surface area contributed by atoms with Crippen molar-refractivity contribution in [2.45, 2.75) is 83.7 Å². The first-order valence-corrected chi connectivity index (χ1v) is 18.9. The molecule has 0 spiro atoms. The summed E-state index contributed by atoms with van der Waals surface area (Å²) >= 11 is 1.65. The van der Waals surface area contributed by atoms with Gasteiger partial charge in [0, 0.05) is 37.1 Å². The van der Waals surface area contributed by atoms with Crippen molar-refractivity contribution in [3.63, 3.8) is 0 Å². The predicted octanol–water partition coefficient (Wildman–Crippen LogP) is 9.65. The number of anilines is 2. The largest absolute Gasteiger partial charge is 0.483 e. The first-order chi connectivity index (χ1) is 26.1. The number of aromatic nitrogens is 2. The van der Waals surface area contributed by atoms with E-state index in [0.717, 1.165) is 65.4 Å². The highest BCUT2D eigenvalue weighted by Gasteiger charge is 2.32. The number of carbonyl (C=O) groups is 3. The molecule has 1 fully saturated rings. The summed E-state index contributed by atoms with van der Waals surface area (Å²) in [4.78, 5) is 37.8. The fourth-order valence-electron chi connectivity index (χ4n) is 6.05. The number of halogens is 4. The van der Waals surface area contributed by atoms with Gasteiger partial charge in [-0.25, -0.2) is 9.37 Å². The lowest BCUT2D eigenvalue weighted by Crippen LogP contribution is -2.28. The Kier molecular flexibility index (Phi) is 21.1. The van der Waals surface area contributed by atoms with E-state index in [9.17, 15) is 22.4 Å². The summed E-state index contributed by atoms with van der Waals surface area (Å²) < 4.78 is 57.3. The van der Waals surface area contributed by atoms with Crippen molar-refractivity contribution in [2.75, 3.05) is 37.3 Å². The summed E-state index contributed by atoms with van der Waals surface area (Å²) in [5, 5.41) is 16.3. The number of fused-ring (bicyclic) bond motifs is 1. The van der Waals surface area contributed by atoms with E-state index in [4.69, 9.17) is 24.8 Å². The summed E-state index contributed by atoms with van der Waals surface area (Å²) in [7, 11) is 8.25. The first-order valence-electron chi connectivity index (χ1n) is 18.1. The molecule has 1 aromatic heterocycles. The smallest absolute Gasteiger partial charge is 0.416 e. The topological polar surface area (TPSA) is 128 Å². The van der Waals surface area contributed by atoms with Gasteiger partial charge in [-0.3, -0.25) is 14.4 Å². The second-order valence-electron chi connectivity index (χ2n) is 12.4. The van der Waals surface area contributed by atoms with E-state index in [0.29, 0.717) is 18.9 Å². The molecule has 55 heavy (non-hydrogen) atoms. The number of benzene rings is 3. The lowest BCUT2D eigenvalue weighted by atomic mass is 9.77. The molecule has 2 atom stereocenters. The molecule has 304 valence electrons. The van der Waals surface area contributed by atoms with E-state index < -0.39 is 17.6 Å². The Morgan fingerprint density at radius 2 is 1.58 bits per heavy atom. The maximum Gasteiger partial charge on any atom is 0.416 e. The maximum atomic E-state index is 14.3. The average molecular weight is 794 g/mol. The molecule has 1 aliphatic rings. The van der Waals surface area contributed by atoms with Gasteiger partial charge in [0.15, 0.2) is 0 Å². The third-order valence-electron chi connectivity index (χ3n) is 8.64. The van der Waals surface area contributed by atoms with Gasteiger partial charge in [0.25, 0.3) is 12.9 Å². The van der Waals surface area contributed by atoms with Gasteiger partial charge in [-0.1, -0.05) is 46.2 Å². The van der Waals surface area contributed by atoms with E-state index in [1.54, 1.807) is 11.9 Å². The van der Waals surface area contributed by atoms with Crippen LogP contribution in [0.4, 0.5) is 28.9 Å². The van der Waals surface area contributed by atoms with Gasteiger partial charge >= 0.3 is 6.18 Å². The second kappa shape index (κ2) is 24.0. The van der Waals surface area contributed by atoms with Gasteiger partial charge in [0.2, 0.25) is 5.91 Å². The number of carbonyl (C=O) groups excluding carboxylic acids is 1. The van der Waals surface area contributed by atoms with Crippen LogP contribution in [0.15, 0.2) is 59.5 Å². The fourth-order valence-corrected chi connectivity index (χ4v) is 6.95. The fraction of sp³-hybridized carbons (Fsp3) is 0.450. The molecule has 1 aliphatic carbocycles. The zero-order chi connectivity index (χ0) is 41.9. The molecular weight excluding hydrogens is 739 g/mol. The van der Waals surface area contributed by atoms with E-state index in [-0.39, 0.29) is 36.4 Å². The first kappa shape index (κ1) is 48.4. The minimum Gasteiger partial charge on any atom is -0.483 e. The van der Waals surface area contributed by atoms with Crippen molar-refractivity contribution in [1.29, 1.82) is 0 Å². The molecule has 1 heterocycles. The van der Waals surface area contributed by atoms with Crippen LogP contribution in [0.3, 0.4) is 0 Å². The molecule has 0 aliphatic heterocycles. The van der Waals surface area contributed by atoms with Crippen molar-refractivity contribution in [1.82, 2.24) is 14.5 Å². The quantitative estimate of drug-likeness (QED) is 0.0863. The zero-order valence-electron chi connectivity index (χ0n) is 33.1. The van der Waals surface area contributed by atoms with Crippen molar-refractivity contribution in [2.24, 2.45) is 13.0 Å². The van der Waals surface area contributed by atoms with E-state index in [1.807, 2.05) is 41.7 Å².